The maximum absolute atomic E-state index is 12.5. The number of esters is 1. The van der Waals surface area contributed by atoms with Crippen LogP contribution in [0.15, 0.2) is 6.20 Å². The number of ether oxygens (including phenoxy) is 1. The van der Waals surface area contributed by atoms with Crippen LogP contribution in [0, 0.1) is 6.92 Å². The molecule has 88 valence electrons. The Morgan fingerprint density at radius 2 is 2.25 bits per heavy atom. The van der Waals surface area contributed by atoms with Gasteiger partial charge in [-0.25, -0.2) is 8.78 Å². The summed E-state index contributed by atoms with van der Waals surface area (Å²) in [7, 11) is 1.22. The zero-order valence-corrected chi connectivity index (χ0v) is 9.52. The summed E-state index contributed by atoms with van der Waals surface area (Å²) in [6, 6.07) is 0. The molecule has 1 heterocycles. The Bertz CT molecular complexity index is 410. The van der Waals surface area contributed by atoms with Crippen molar-refractivity contribution in [3.8, 4) is 0 Å². The van der Waals surface area contributed by atoms with Crippen LogP contribution in [0.4, 0.5) is 8.78 Å². The van der Waals surface area contributed by atoms with Crippen LogP contribution in [-0.2, 0) is 16.0 Å². The summed E-state index contributed by atoms with van der Waals surface area (Å²) < 4.78 is 29.5. The van der Waals surface area contributed by atoms with Gasteiger partial charge in [-0.15, -0.1) is 0 Å². The average molecular weight is 250 g/mol. The van der Waals surface area contributed by atoms with Crippen molar-refractivity contribution < 1.29 is 18.3 Å². The Hall–Kier alpha value is -1.23. The molecule has 1 aromatic heterocycles. The van der Waals surface area contributed by atoms with Crippen molar-refractivity contribution in [1.29, 1.82) is 0 Å². The van der Waals surface area contributed by atoms with Gasteiger partial charge < -0.3 is 4.74 Å². The summed E-state index contributed by atoms with van der Waals surface area (Å²) in [5.74, 6) is -0.531. The summed E-state index contributed by atoms with van der Waals surface area (Å²) in [4.78, 5) is 14.6. The number of hydrogen-bond donors (Lipinski definition) is 0. The van der Waals surface area contributed by atoms with Crippen molar-refractivity contribution in [3.63, 3.8) is 0 Å². The number of carbonyl (C=O) groups excluding carboxylic acids is 1. The van der Waals surface area contributed by atoms with Gasteiger partial charge in [0.1, 0.15) is 5.69 Å². The summed E-state index contributed by atoms with van der Waals surface area (Å²) >= 11 is 5.79. The SMILES string of the molecule is COC(=O)Cc1c(Cl)cnc(C(F)F)c1C. The van der Waals surface area contributed by atoms with E-state index in [9.17, 15) is 13.6 Å². The monoisotopic (exact) mass is 249 g/mol. The van der Waals surface area contributed by atoms with E-state index in [0.717, 1.165) is 6.20 Å². The second-order valence-corrected chi connectivity index (χ2v) is 3.56. The molecule has 16 heavy (non-hydrogen) atoms. The quantitative estimate of drug-likeness (QED) is 0.773. The maximum Gasteiger partial charge on any atom is 0.310 e. The van der Waals surface area contributed by atoms with Crippen LogP contribution in [0.2, 0.25) is 5.02 Å². The molecule has 6 heteroatoms. The minimum absolute atomic E-state index is 0.136. The fraction of sp³-hybridized carbons (Fsp3) is 0.400. The van der Waals surface area contributed by atoms with E-state index in [0.29, 0.717) is 5.56 Å². The lowest BCUT2D eigenvalue weighted by atomic mass is 10.1. The Morgan fingerprint density at radius 3 is 2.75 bits per heavy atom. The van der Waals surface area contributed by atoms with Crippen molar-refractivity contribution in [2.45, 2.75) is 19.8 Å². The number of methoxy groups -OCH3 is 1. The highest BCUT2D eigenvalue weighted by Gasteiger charge is 2.19. The molecule has 3 nitrogen and oxygen atoms in total. The van der Waals surface area contributed by atoms with Gasteiger partial charge in [-0.1, -0.05) is 11.6 Å². The number of aromatic nitrogens is 1. The molecule has 0 fully saturated rings. The summed E-state index contributed by atoms with van der Waals surface area (Å²) in [6.07, 6.45) is -1.70. The zero-order valence-electron chi connectivity index (χ0n) is 8.76. The molecule has 0 atom stereocenters. The highest BCUT2D eigenvalue weighted by molar-refractivity contribution is 6.31. The third-order valence-corrected chi connectivity index (χ3v) is 2.52. The minimum atomic E-state index is -2.69. The van der Waals surface area contributed by atoms with Gasteiger partial charge in [-0.05, 0) is 18.1 Å². The number of hydrogen-bond acceptors (Lipinski definition) is 3. The first-order valence-electron chi connectivity index (χ1n) is 4.46. The third kappa shape index (κ3) is 2.66. The standard InChI is InChI=1S/C10H10ClF2NO2/c1-5-6(3-8(15)16-2)7(11)4-14-9(5)10(12)13/h4,10H,3H2,1-2H3. The second-order valence-electron chi connectivity index (χ2n) is 3.15. The molecule has 0 amide bonds. The van der Waals surface area contributed by atoms with Crippen LogP contribution in [0.5, 0.6) is 0 Å². The molecule has 0 bridgehead atoms. The van der Waals surface area contributed by atoms with Crippen molar-refractivity contribution in [2.75, 3.05) is 7.11 Å². The van der Waals surface area contributed by atoms with E-state index in [-0.39, 0.29) is 22.7 Å². The van der Waals surface area contributed by atoms with E-state index < -0.39 is 12.4 Å². The molecule has 0 saturated heterocycles. The molecule has 0 aliphatic rings. The van der Waals surface area contributed by atoms with Crippen molar-refractivity contribution >= 4 is 17.6 Å². The van der Waals surface area contributed by atoms with E-state index in [1.807, 2.05) is 0 Å². The first kappa shape index (κ1) is 12.8. The van der Waals surface area contributed by atoms with Crippen LogP contribution in [-0.4, -0.2) is 18.1 Å². The van der Waals surface area contributed by atoms with Crippen LogP contribution < -0.4 is 0 Å². The summed E-state index contributed by atoms with van der Waals surface area (Å²) in [5, 5.41) is 0.187. The van der Waals surface area contributed by atoms with Crippen LogP contribution >= 0.6 is 11.6 Å². The van der Waals surface area contributed by atoms with Gasteiger partial charge in [0, 0.05) is 6.20 Å². The van der Waals surface area contributed by atoms with Crippen molar-refractivity contribution in [2.24, 2.45) is 0 Å². The zero-order chi connectivity index (χ0) is 12.3. The molecule has 0 aliphatic carbocycles. The van der Waals surface area contributed by atoms with E-state index >= 15 is 0 Å². The highest BCUT2D eigenvalue weighted by Crippen LogP contribution is 2.27. The molecule has 0 aliphatic heterocycles. The number of alkyl halides is 2. The molecule has 1 aromatic rings. The lowest BCUT2D eigenvalue weighted by Crippen LogP contribution is -2.09. The molecule has 0 radical (unpaired) electrons. The fourth-order valence-corrected chi connectivity index (χ4v) is 1.55. The predicted octanol–water partition coefficient (Wildman–Crippen LogP) is 2.70. The van der Waals surface area contributed by atoms with E-state index in [1.54, 1.807) is 0 Å². The first-order chi connectivity index (χ1) is 7.47. The van der Waals surface area contributed by atoms with Gasteiger partial charge in [0.15, 0.2) is 0 Å². The van der Waals surface area contributed by atoms with Gasteiger partial charge in [0.05, 0.1) is 18.6 Å². The summed E-state index contributed by atoms with van der Waals surface area (Å²) in [5.41, 5.74) is 0.204. The number of carbonyl (C=O) groups is 1. The molecule has 0 N–H and O–H groups in total. The molecule has 0 aromatic carbocycles. The number of halogens is 3. The normalized spacial score (nSPS) is 10.6. The Labute approximate surface area is 96.4 Å². The topological polar surface area (TPSA) is 39.2 Å². The van der Waals surface area contributed by atoms with Gasteiger partial charge >= 0.3 is 5.97 Å². The van der Waals surface area contributed by atoms with E-state index in [4.69, 9.17) is 11.6 Å². The minimum Gasteiger partial charge on any atom is -0.469 e. The third-order valence-electron chi connectivity index (χ3n) is 2.20. The van der Waals surface area contributed by atoms with Crippen LogP contribution in [0.25, 0.3) is 0 Å². The molecule has 0 saturated carbocycles. The maximum atomic E-state index is 12.5. The predicted molar refractivity (Wildman–Crippen MR) is 54.7 cm³/mol. The molecule has 1 rings (SSSR count). The summed E-state index contributed by atoms with van der Waals surface area (Å²) in [6.45, 7) is 1.46. The average Bonchev–Trinajstić information content (AvgIpc) is 2.23. The van der Waals surface area contributed by atoms with E-state index in [2.05, 4.69) is 9.72 Å². The number of pyridine rings is 1. The second kappa shape index (κ2) is 5.21. The molecule has 0 unspecified atom stereocenters. The molecular weight excluding hydrogens is 240 g/mol. The van der Waals surface area contributed by atoms with Crippen molar-refractivity contribution in [1.82, 2.24) is 4.98 Å². The Kier molecular flexibility index (Phi) is 4.18. The van der Waals surface area contributed by atoms with E-state index in [1.165, 1.54) is 14.0 Å². The van der Waals surface area contributed by atoms with Gasteiger partial charge in [0.25, 0.3) is 6.43 Å². The van der Waals surface area contributed by atoms with Gasteiger partial charge in [-0.3, -0.25) is 9.78 Å². The number of rotatable bonds is 3. The smallest absolute Gasteiger partial charge is 0.310 e. The first-order valence-corrected chi connectivity index (χ1v) is 4.84. The van der Waals surface area contributed by atoms with Crippen LogP contribution in [0.1, 0.15) is 23.2 Å². The molecule has 0 spiro atoms. The van der Waals surface area contributed by atoms with Crippen LogP contribution in [0.3, 0.4) is 0 Å². The van der Waals surface area contributed by atoms with Crippen molar-refractivity contribution in [3.05, 3.63) is 28.0 Å². The molecular formula is C10H10ClF2NO2. The highest BCUT2D eigenvalue weighted by atomic mass is 35.5. The largest absolute Gasteiger partial charge is 0.469 e. The fourth-order valence-electron chi connectivity index (χ4n) is 1.29. The van der Waals surface area contributed by atoms with Gasteiger partial charge in [0.2, 0.25) is 0 Å². The Balaban J connectivity index is 3.16. The lowest BCUT2D eigenvalue weighted by molar-refractivity contribution is -0.139. The number of nitrogens with zero attached hydrogens (tertiary/aromatic N) is 1. The van der Waals surface area contributed by atoms with Gasteiger partial charge in [-0.2, -0.15) is 0 Å². The lowest BCUT2D eigenvalue weighted by Gasteiger charge is -2.10. The Morgan fingerprint density at radius 1 is 1.62 bits per heavy atom.